The first-order valence-electron chi connectivity index (χ1n) is 5.72. The molecule has 1 fully saturated rings. The molecule has 1 saturated heterocycles. The molecule has 0 bridgehead atoms. The van der Waals surface area contributed by atoms with Crippen molar-refractivity contribution >= 4 is 23.4 Å². The summed E-state index contributed by atoms with van der Waals surface area (Å²) in [5.74, 6) is -0.967. The first-order chi connectivity index (χ1) is 8.70. The third kappa shape index (κ3) is 3.16. The molecule has 0 aromatic carbocycles. The first kappa shape index (κ1) is 13.2. The van der Waals surface area contributed by atoms with Crippen molar-refractivity contribution in [3.8, 4) is 0 Å². The smallest absolute Gasteiger partial charge is 0.328 e. The van der Waals surface area contributed by atoms with Gasteiger partial charge in [-0.1, -0.05) is 0 Å². The van der Waals surface area contributed by atoms with Crippen LogP contribution in [-0.2, 0) is 20.9 Å². The van der Waals surface area contributed by atoms with E-state index in [1.165, 1.54) is 11.3 Å². The Kier molecular flexibility index (Phi) is 4.46. The fourth-order valence-corrected chi connectivity index (χ4v) is 2.87. The summed E-state index contributed by atoms with van der Waals surface area (Å²) in [4.78, 5) is 15.9. The van der Waals surface area contributed by atoms with Gasteiger partial charge in [0.25, 0.3) is 0 Å². The van der Waals surface area contributed by atoms with E-state index in [1.807, 2.05) is 0 Å². The van der Waals surface area contributed by atoms with Crippen LogP contribution >= 0.6 is 11.3 Å². The first-order valence-corrected chi connectivity index (χ1v) is 6.53. The van der Waals surface area contributed by atoms with Crippen LogP contribution in [0.3, 0.4) is 0 Å². The van der Waals surface area contributed by atoms with Gasteiger partial charge in [-0.25, -0.2) is 9.78 Å². The van der Waals surface area contributed by atoms with Crippen LogP contribution in [0.25, 0.3) is 6.08 Å². The molecule has 2 rings (SSSR count). The summed E-state index contributed by atoms with van der Waals surface area (Å²) in [5.41, 5.74) is 0.769. The van der Waals surface area contributed by atoms with Crippen molar-refractivity contribution in [3.63, 3.8) is 0 Å². The number of nitrogens with zero attached hydrogens (tertiary/aromatic N) is 1. The van der Waals surface area contributed by atoms with Crippen LogP contribution in [0.4, 0.5) is 0 Å². The van der Waals surface area contributed by atoms with Gasteiger partial charge in [0.1, 0.15) is 11.1 Å². The van der Waals surface area contributed by atoms with E-state index < -0.39 is 5.97 Å². The Hall–Kier alpha value is -1.24. The van der Waals surface area contributed by atoms with Gasteiger partial charge in [0.2, 0.25) is 0 Å². The Balaban J connectivity index is 2.22. The summed E-state index contributed by atoms with van der Waals surface area (Å²) >= 11 is 1.47. The third-order valence-corrected chi connectivity index (χ3v) is 3.76. The number of carboxylic acid groups (broad SMARTS) is 1. The molecule has 1 unspecified atom stereocenters. The minimum Gasteiger partial charge on any atom is -0.478 e. The Morgan fingerprint density at radius 3 is 3.17 bits per heavy atom. The van der Waals surface area contributed by atoms with Crippen LogP contribution in [0.15, 0.2) is 6.08 Å². The number of thiazole rings is 1. The molecule has 0 radical (unpaired) electrons. The second-order valence-electron chi connectivity index (χ2n) is 3.97. The molecule has 1 N–H and O–H groups in total. The largest absolute Gasteiger partial charge is 0.478 e. The maximum Gasteiger partial charge on any atom is 0.328 e. The molecule has 5 nitrogen and oxygen atoms in total. The predicted molar refractivity (Wildman–Crippen MR) is 67.4 cm³/mol. The fourth-order valence-electron chi connectivity index (χ4n) is 1.81. The van der Waals surface area contributed by atoms with Crippen LogP contribution in [0.2, 0.25) is 0 Å². The van der Waals surface area contributed by atoms with E-state index in [9.17, 15) is 4.79 Å². The van der Waals surface area contributed by atoms with Crippen LogP contribution in [0.5, 0.6) is 0 Å². The lowest BCUT2D eigenvalue weighted by molar-refractivity contribution is -0.131. The highest BCUT2D eigenvalue weighted by Gasteiger charge is 2.22. The Labute approximate surface area is 109 Å². The second kappa shape index (κ2) is 6.08. The van der Waals surface area contributed by atoms with Gasteiger partial charge >= 0.3 is 5.97 Å². The molecule has 18 heavy (non-hydrogen) atoms. The SMILES string of the molecule is COCc1nc(C2CCCO2)sc1/C=C/C(=O)O. The van der Waals surface area contributed by atoms with Gasteiger partial charge in [-0.05, 0) is 18.9 Å². The van der Waals surface area contributed by atoms with Gasteiger partial charge in [0.05, 0.1) is 17.2 Å². The van der Waals surface area contributed by atoms with E-state index in [4.69, 9.17) is 14.6 Å². The van der Waals surface area contributed by atoms with E-state index in [0.717, 1.165) is 41.1 Å². The zero-order chi connectivity index (χ0) is 13.0. The number of aromatic nitrogens is 1. The summed E-state index contributed by atoms with van der Waals surface area (Å²) < 4.78 is 10.7. The quantitative estimate of drug-likeness (QED) is 0.830. The summed E-state index contributed by atoms with van der Waals surface area (Å²) in [6.07, 6.45) is 4.75. The van der Waals surface area contributed by atoms with Gasteiger partial charge in [-0.15, -0.1) is 11.3 Å². The molecule has 0 saturated carbocycles. The second-order valence-corrected chi connectivity index (χ2v) is 5.03. The van der Waals surface area contributed by atoms with E-state index in [1.54, 1.807) is 13.2 Å². The Bertz CT molecular complexity index is 449. The minimum absolute atomic E-state index is 0.0533. The highest BCUT2D eigenvalue weighted by atomic mass is 32.1. The van der Waals surface area contributed by atoms with Gasteiger partial charge < -0.3 is 14.6 Å². The lowest BCUT2D eigenvalue weighted by Crippen LogP contribution is -1.96. The zero-order valence-corrected chi connectivity index (χ0v) is 10.9. The van der Waals surface area contributed by atoms with Crippen molar-refractivity contribution in [2.75, 3.05) is 13.7 Å². The number of ether oxygens (including phenoxy) is 2. The van der Waals surface area contributed by atoms with Crippen LogP contribution in [-0.4, -0.2) is 29.8 Å². The number of methoxy groups -OCH3 is 1. The molecule has 1 aromatic heterocycles. The van der Waals surface area contributed by atoms with Crippen LogP contribution in [0.1, 0.15) is 34.5 Å². The number of rotatable bonds is 5. The van der Waals surface area contributed by atoms with Crippen molar-refractivity contribution in [1.82, 2.24) is 4.98 Å². The standard InChI is InChI=1S/C12H15NO4S/c1-16-7-8-10(4-5-11(14)15)18-12(13-8)9-3-2-6-17-9/h4-5,9H,2-3,6-7H2,1H3,(H,14,15)/b5-4+. The zero-order valence-electron chi connectivity index (χ0n) is 10.1. The average Bonchev–Trinajstić information content (AvgIpc) is 2.95. The highest BCUT2D eigenvalue weighted by Crippen LogP contribution is 2.33. The van der Waals surface area contributed by atoms with E-state index >= 15 is 0 Å². The van der Waals surface area contributed by atoms with E-state index in [-0.39, 0.29) is 6.10 Å². The number of carboxylic acids is 1. The maximum atomic E-state index is 10.5. The Morgan fingerprint density at radius 2 is 2.56 bits per heavy atom. The maximum absolute atomic E-state index is 10.5. The molecule has 0 aliphatic carbocycles. The molecule has 0 amide bonds. The predicted octanol–water partition coefficient (Wildman–Crippen LogP) is 2.24. The molecular weight excluding hydrogens is 254 g/mol. The highest BCUT2D eigenvalue weighted by molar-refractivity contribution is 7.12. The van der Waals surface area contributed by atoms with Gasteiger partial charge in [0.15, 0.2) is 0 Å². The molecule has 1 aliphatic rings. The molecule has 0 spiro atoms. The normalized spacial score (nSPS) is 19.7. The molecule has 2 heterocycles. The van der Waals surface area contributed by atoms with Crippen LogP contribution < -0.4 is 0 Å². The lowest BCUT2D eigenvalue weighted by Gasteiger charge is -2.03. The third-order valence-electron chi connectivity index (χ3n) is 2.61. The van der Waals surface area contributed by atoms with Gasteiger partial charge in [-0.2, -0.15) is 0 Å². The number of hydrogen-bond donors (Lipinski definition) is 1. The Morgan fingerprint density at radius 1 is 1.72 bits per heavy atom. The van der Waals surface area contributed by atoms with Crippen LogP contribution in [0, 0.1) is 0 Å². The molecular formula is C12H15NO4S. The average molecular weight is 269 g/mol. The summed E-state index contributed by atoms with van der Waals surface area (Å²) in [5, 5.41) is 9.56. The molecule has 98 valence electrons. The lowest BCUT2D eigenvalue weighted by atomic mass is 10.2. The van der Waals surface area contributed by atoms with Gasteiger partial charge in [-0.3, -0.25) is 0 Å². The number of hydrogen-bond acceptors (Lipinski definition) is 5. The summed E-state index contributed by atoms with van der Waals surface area (Å²) in [6, 6.07) is 0. The monoisotopic (exact) mass is 269 g/mol. The number of carbonyl (C=O) groups is 1. The molecule has 6 heteroatoms. The number of aliphatic carboxylic acids is 1. The van der Waals surface area contributed by atoms with Crippen molar-refractivity contribution in [2.45, 2.75) is 25.6 Å². The van der Waals surface area contributed by atoms with Crippen molar-refractivity contribution in [2.24, 2.45) is 0 Å². The van der Waals surface area contributed by atoms with Gasteiger partial charge in [0, 0.05) is 19.8 Å². The minimum atomic E-state index is -0.967. The molecule has 1 atom stereocenters. The molecule has 1 aromatic rings. The molecule has 1 aliphatic heterocycles. The van der Waals surface area contributed by atoms with Crippen molar-refractivity contribution in [3.05, 3.63) is 21.7 Å². The fraction of sp³-hybridized carbons (Fsp3) is 0.500. The van der Waals surface area contributed by atoms with E-state index in [0.29, 0.717) is 6.61 Å². The topological polar surface area (TPSA) is 68.7 Å². The van der Waals surface area contributed by atoms with Crippen molar-refractivity contribution in [1.29, 1.82) is 0 Å². The summed E-state index contributed by atoms with van der Waals surface area (Å²) in [6.45, 7) is 1.15. The summed E-state index contributed by atoms with van der Waals surface area (Å²) in [7, 11) is 1.59. The van der Waals surface area contributed by atoms with E-state index in [2.05, 4.69) is 4.98 Å². The van der Waals surface area contributed by atoms with Crippen molar-refractivity contribution < 1.29 is 19.4 Å².